The first-order valence-electron chi connectivity index (χ1n) is 9.41. The van der Waals surface area contributed by atoms with E-state index in [9.17, 15) is 14.0 Å². The number of aromatic nitrogens is 2. The average Bonchev–Trinajstić information content (AvgIpc) is 3.17. The number of carbonyl (C=O) groups excluding carboxylic acids is 2. The topological polar surface area (TPSA) is 100 Å². The monoisotopic (exact) mass is 411 g/mol. The number of benzene rings is 2. The fourth-order valence-corrected chi connectivity index (χ4v) is 2.74. The van der Waals surface area contributed by atoms with Crippen LogP contribution >= 0.6 is 0 Å². The van der Waals surface area contributed by atoms with E-state index in [1.807, 2.05) is 11.8 Å². The van der Waals surface area contributed by atoms with Crippen LogP contribution in [0.4, 0.5) is 15.8 Å². The predicted octanol–water partition coefficient (Wildman–Crippen LogP) is 3.29. The second-order valence-electron chi connectivity index (χ2n) is 6.62. The van der Waals surface area contributed by atoms with E-state index in [1.165, 1.54) is 19.1 Å². The van der Waals surface area contributed by atoms with Crippen molar-refractivity contribution in [1.29, 1.82) is 0 Å². The minimum absolute atomic E-state index is 0.137. The Morgan fingerprint density at radius 1 is 1.00 bits per heavy atom. The van der Waals surface area contributed by atoms with Crippen molar-refractivity contribution in [3.8, 4) is 11.5 Å². The van der Waals surface area contributed by atoms with Crippen molar-refractivity contribution >= 4 is 23.2 Å². The third-order valence-corrected chi connectivity index (χ3v) is 4.22. The molecule has 0 aliphatic heterocycles. The maximum absolute atomic E-state index is 13.0. The zero-order valence-electron chi connectivity index (χ0n) is 16.7. The van der Waals surface area contributed by atoms with Crippen molar-refractivity contribution in [3.05, 3.63) is 60.2 Å². The maximum Gasteiger partial charge on any atom is 0.247 e. The zero-order valence-corrected chi connectivity index (χ0v) is 16.7. The first kappa shape index (κ1) is 21.1. The Balaban J connectivity index is 1.55. The van der Waals surface area contributed by atoms with Gasteiger partial charge in [0, 0.05) is 23.9 Å². The summed E-state index contributed by atoms with van der Waals surface area (Å²) in [5, 5.41) is 13.5. The standard InChI is InChI=1S/C21H22FN5O3/c1-3-27(12-19(29)24-18-10-8-17(9-11-18)23-14(2)28)13-20-25-26-21(30-20)15-4-6-16(22)7-5-15/h4-11H,3,12-13H2,1-2H3,(H,23,28)(H,24,29). The summed E-state index contributed by atoms with van der Waals surface area (Å²) in [5.41, 5.74) is 1.91. The summed E-state index contributed by atoms with van der Waals surface area (Å²) in [7, 11) is 0. The third-order valence-electron chi connectivity index (χ3n) is 4.22. The maximum atomic E-state index is 13.0. The highest BCUT2D eigenvalue weighted by Crippen LogP contribution is 2.19. The summed E-state index contributed by atoms with van der Waals surface area (Å²) in [5.74, 6) is -0.0313. The molecule has 1 heterocycles. The van der Waals surface area contributed by atoms with Crippen molar-refractivity contribution in [3.63, 3.8) is 0 Å². The molecule has 0 atom stereocenters. The summed E-state index contributed by atoms with van der Waals surface area (Å²) >= 11 is 0. The van der Waals surface area contributed by atoms with E-state index in [-0.39, 0.29) is 24.2 Å². The number of rotatable bonds is 8. The Morgan fingerprint density at radius 3 is 2.23 bits per heavy atom. The highest BCUT2D eigenvalue weighted by molar-refractivity contribution is 5.93. The van der Waals surface area contributed by atoms with Gasteiger partial charge in [0.2, 0.25) is 23.6 Å². The van der Waals surface area contributed by atoms with Crippen molar-refractivity contribution in [2.24, 2.45) is 0 Å². The minimum atomic E-state index is -0.341. The summed E-state index contributed by atoms with van der Waals surface area (Å²) in [6.07, 6.45) is 0. The lowest BCUT2D eigenvalue weighted by Crippen LogP contribution is -2.32. The second kappa shape index (κ2) is 9.75. The van der Waals surface area contributed by atoms with Gasteiger partial charge >= 0.3 is 0 Å². The van der Waals surface area contributed by atoms with Gasteiger partial charge < -0.3 is 15.1 Å². The van der Waals surface area contributed by atoms with Crippen LogP contribution in [-0.4, -0.2) is 40.0 Å². The summed E-state index contributed by atoms with van der Waals surface area (Å²) < 4.78 is 18.7. The lowest BCUT2D eigenvalue weighted by Gasteiger charge is -2.17. The smallest absolute Gasteiger partial charge is 0.247 e. The van der Waals surface area contributed by atoms with Crippen LogP contribution in [0, 0.1) is 5.82 Å². The SMILES string of the molecule is CCN(CC(=O)Nc1ccc(NC(C)=O)cc1)Cc1nnc(-c2ccc(F)cc2)o1. The van der Waals surface area contributed by atoms with E-state index in [4.69, 9.17) is 4.42 Å². The number of hydrogen-bond acceptors (Lipinski definition) is 6. The minimum Gasteiger partial charge on any atom is -0.419 e. The molecule has 0 bridgehead atoms. The summed E-state index contributed by atoms with van der Waals surface area (Å²) in [6.45, 7) is 4.40. The zero-order chi connectivity index (χ0) is 21.5. The molecule has 3 rings (SSSR count). The molecule has 9 heteroatoms. The number of nitrogens with one attached hydrogen (secondary N) is 2. The highest BCUT2D eigenvalue weighted by atomic mass is 19.1. The number of nitrogens with zero attached hydrogens (tertiary/aromatic N) is 3. The van der Waals surface area contributed by atoms with Crippen LogP contribution in [0.1, 0.15) is 19.7 Å². The molecule has 8 nitrogen and oxygen atoms in total. The van der Waals surface area contributed by atoms with Gasteiger partial charge in [0.1, 0.15) is 5.82 Å². The Hall–Kier alpha value is -3.59. The second-order valence-corrected chi connectivity index (χ2v) is 6.62. The highest BCUT2D eigenvalue weighted by Gasteiger charge is 2.15. The fourth-order valence-electron chi connectivity index (χ4n) is 2.74. The lowest BCUT2D eigenvalue weighted by atomic mass is 10.2. The number of likely N-dealkylation sites (N-methyl/N-ethyl adjacent to an activating group) is 1. The Kier molecular flexibility index (Phi) is 6.87. The normalized spacial score (nSPS) is 10.8. The van der Waals surface area contributed by atoms with E-state index in [1.54, 1.807) is 36.4 Å². The van der Waals surface area contributed by atoms with E-state index in [0.717, 1.165) is 0 Å². The van der Waals surface area contributed by atoms with E-state index in [0.29, 0.717) is 41.8 Å². The van der Waals surface area contributed by atoms with E-state index < -0.39 is 0 Å². The van der Waals surface area contributed by atoms with Gasteiger partial charge in [-0.15, -0.1) is 10.2 Å². The molecule has 0 fully saturated rings. The molecule has 0 unspecified atom stereocenters. The molecule has 3 aromatic rings. The average molecular weight is 411 g/mol. The van der Waals surface area contributed by atoms with Gasteiger partial charge in [-0.05, 0) is 55.1 Å². The molecule has 156 valence electrons. The number of hydrogen-bond donors (Lipinski definition) is 2. The van der Waals surface area contributed by atoms with Crippen molar-refractivity contribution < 1.29 is 18.4 Å². The van der Waals surface area contributed by atoms with E-state index in [2.05, 4.69) is 20.8 Å². The van der Waals surface area contributed by atoms with Crippen molar-refractivity contribution in [2.45, 2.75) is 20.4 Å². The Labute approximate surface area is 173 Å². The van der Waals surface area contributed by atoms with Gasteiger partial charge in [0.25, 0.3) is 0 Å². The van der Waals surface area contributed by atoms with Gasteiger partial charge in [-0.25, -0.2) is 4.39 Å². The predicted molar refractivity (Wildman–Crippen MR) is 110 cm³/mol. The molecule has 30 heavy (non-hydrogen) atoms. The number of anilines is 2. The number of halogens is 1. The molecule has 0 saturated carbocycles. The first-order chi connectivity index (χ1) is 14.4. The lowest BCUT2D eigenvalue weighted by molar-refractivity contribution is -0.117. The van der Waals surface area contributed by atoms with Gasteiger partial charge in [-0.2, -0.15) is 0 Å². The van der Waals surface area contributed by atoms with Gasteiger partial charge in [0.05, 0.1) is 13.1 Å². The van der Waals surface area contributed by atoms with Crippen LogP contribution in [0.3, 0.4) is 0 Å². The number of carbonyl (C=O) groups is 2. The molecule has 0 saturated heterocycles. The van der Waals surface area contributed by atoms with Crippen LogP contribution in [0.2, 0.25) is 0 Å². The molecule has 0 aliphatic rings. The van der Waals surface area contributed by atoms with Crippen molar-refractivity contribution in [2.75, 3.05) is 23.7 Å². The first-order valence-corrected chi connectivity index (χ1v) is 9.41. The third kappa shape index (κ3) is 5.95. The quantitative estimate of drug-likeness (QED) is 0.590. The molecule has 2 N–H and O–H groups in total. The molecule has 1 aromatic heterocycles. The molecular formula is C21H22FN5O3. The Morgan fingerprint density at radius 2 is 1.63 bits per heavy atom. The van der Waals surface area contributed by atoms with Crippen LogP contribution in [0.15, 0.2) is 52.9 Å². The molecule has 2 amide bonds. The van der Waals surface area contributed by atoms with E-state index >= 15 is 0 Å². The molecule has 0 spiro atoms. The molecule has 0 radical (unpaired) electrons. The Bertz CT molecular complexity index is 1000. The molecule has 2 aromatic carbocycles. The van der Waals surface area contributed by atoms with Crippen LogP contribution in [-0.2, 0) is 16.1 Å². The fraction of sp³-hybridized carbons (Fsp3) is 0.238. The van der Waals surface area contributed by atoms with Crippen LogP contribution in [0.5, 0.6) is 0 Å². The molecular weight excluding hydrogens is 389 g/mol. The van der Waals surface area contributed by atoms with Gasteiger partial charge in [-0.1, -0.05) is 6.92 Å². The molecule has 0 aliphatic carbocycles. The van der Waals surface area contributed by atoms with Gasteiger partial charge in [-0.3, -0.25) is 14.5 Å². The number of amides is 2. The summed E-state index contributed by atoms with van der Waals surface area (Å²) in [6, 6.07) is 12.6. The summed E-state index contributed by atoms with van der Waals surface area (Å²) in [4.78, 5) is 25.3. The van der Waals surface area contributed by atoms with Crippen LogP contribution < -0.4 is 10.6 Å². The largest absolute Gasteiger partial charge is 0.419 e. The van der Waals surface area contributed by atoms with Crippen LogP contribution in [0.25, 0.3) is 11.5 Å². The van der Waals surface area contributed by atoms with Gasteiger partial charge in [0.15, 0.2) is 0 Å². The van der Waals surface area contributed by atoms with Crippen molar-refractivity contribution in [1.82, 2.24) is 15.1 Å².